The molecule has 1 unspecified atom stereocenters. The normalized spacial score (nSPS) is 16.6. The maximum Gasteiger partial charge on any atom is 0.124 e. The topological polar surface area (TPSA) is 30.5 Å². The maximum atomic E-state index is 5.98. The van der Waals surface area contributed by atoms with Gasteiger partial charge in [0.2, 0.25) is 0 Å². The van der Waals surface area contributed by atoms with Crippen molar-refractivity contribution in [1.82, 2.24) is 5.32 Å². The summed E-state index contributed by atoms with van der Waals surface area (Å²) in [5.74, 6) is 0.995. The Morgan fingerprint density at radius 1 is 1.33 bits per heavy atom. The highest BCUT2D eigenvalue weighted by atomic mass is 16.5. The van der Waals surface area contributed by atoms with Gasteiger partial charge in [-0.3, -0.25) is 0 Å². The monoisotopic (exact) mass is 249 g/mol. The Kier molecular flexibility index (Phi) is 5.02. The minimum Gasteiger partial charge on any atom is -0.490 e. The molecular formula is C15H23NO2. The molecule has 0 spiro atoms. The summed E-state index contributed by atoms with van der Waals surface area (Å²) in [6.45, 7) is 3.73. The van der Waals surface area contributed by atoms with E-state index in [1.54, 1.807) is 7.11 Å². The van der Waals surface area contributed by atoms with Gasteiger partial charge in [0.15, 0.2) is 0 Å². The third-order valence-corrected chi connectivity index (χ3v) is 3.19. The summed E-state index contributed by atoms with van der Waals surface area (Å²) >= 11 is 0. The number of ether oxygens (including phenoxy) is 2. The second-order valence-electron chi connectivity index (χ2n) is 4.97. The number of hydrogen-bond acceptors (Lipinski definition) is 3. The second-order valence-corrected chi connectivity index (χ2v) is 4.97. The van der Waals surface area contributed by atoms with Gasteiger partial charge in [0.05, 0.1) is 6.10 Å². The molecule has 1 atom stereocenters. The number of methoxy groups -OCH3 is 1. The summed E-state index contributed by atoms with van der Waals surface area (Å²) in [6, 6.07) is 9.00. The van der Waals surface area contributed by atoms with Crippen LogP contribution in [0.5, 0.6) is 5.75 Å². The fourth-order valence-corrected chi connectivity index (χ4v) is 1.87. The van der Waals surface area contributed by atoms with Crippen molar-refractivity contribution in [2.24, 2.45) is 0 Å². The van der Waals surface area contributed by atoms with E-state index in [2.05, 4.69) is 24.4 Å². The summed E-state index contributed by atoms with van der Waals surface area (Å²) in [5.41, 5.74) is 1.24. The second kappa shape index (κ2) is 6.76. The van der Waals surface area contributed by atoms with Crippen molar-refractivity contribution in [3.8, 4) is 5.75 Å². The molecule has 1 aliphatic carbocycles. The summed E-state index contributed by atoms with van der Waals surface area (Å²) in [5, 5.41) is 3.53. The van der Waals surface area contributed by atoms with Crippen molar-refractivity contribution in [1.29, 1.82) is 0 Å². The van der Waals surface area contributed by atoms with Gasteiger partial charge in [-0.25, -0.2) is 0 Å². The maximum absolute atomic E-state index is 5.98. The molecule has 0 heterocycles. The lowest BCUT2D eigenvalue weighted by Crippen LogP contribution is -2.18. The molecule has 18 heavy (non-hydrogen) atoms. The summed E-state index contributed by atoms with van der Waals surface area (Å²) in [4.78, 5) is 0. The van der Waals surface area contributed by atoms with Crippen molar-refractivity contribution < 1.29 is 9.47 Å². The average Bonchev–Trinajstić information content (AvgIpc) is 3.19. The molecule has 3 heteroatoms. The first-order valence-electron chi connectivity index (χ1n) is 6.76. The highest BCUT2D eigenvalue weighted by Gasteiger charge is 2.20. The molecule has 100 valence electrons. The molecule has 1 aliphatic rings. The van der Waals surface area contributed by atoms with Crippen LogP contribution in [-0.2, 0) is 11.3 Å². The molecular weight excluding hydrogens is 226 g/mol. The molecule has 0 saturated heterocycles. The summed E-state index contributed by atoms with van der Waals surface area (Å²) < 4.78 is 11.1. The van der Waals surface area contributed by atoms with Gasteiger partial charge in [-0.2, -0.15) is 0 Å². The van der Waals surface area contributed by atoms with Crippen LogP contribution >= 0.6 is 0 Å². The lowest BCUT2D eigenvalue weighted by Gasteiger charge is -2.17. The molecule has 0 aromatic heterocycles. The molecule has 1 fully saturated rings. The number of hydrogen-bond donors (Lipinski definition) is 1. The van der Waals surface area contributed by atoms with Crippen molar-refractivity contribution >= 4 is 0 Å². The van der Waals surface area contributed by atoms with Gasteiger partial charge in [-0.1, -0.05) is 18.2 Å². The molecule has 1 aromatic carbocycles. The fraction of sp³-hybridized carbons (Fsp3) is 0.600. The van der Waals surface area contributed by atoms with E-state index in [1.807, 2.05) is 12.1 Å². The minimum atomic E-state index is 0.187. The van der Waals surface area contributed by atoms with Crippen molar-refractivity contribution in [3.05, 3.63) is 29.8 Å². The van der Waals surface area contributed by atoms with Gasteiger partial charge in [0, 0.05) is 38.3 Å². The van der Waals surface area contributed by atoms with Gasteiger partial charge >= 0.3 is 0 Å². The van der Waals surface area contributed by atoms with E-state index in [-0.39, 0.29) is 6.10 Å². The van der Waals surface area contributed by atoms with Crippen LogP contribution in [0, 0.1) is 0 Å². The molecule has 1 N–H and O–H groups in total. The first-order valence-corrected chi connectivity index (χ1v) is 6.76. The van der Waals surface area contributed by atoms with Crippen LogP contribution in [-0.4, -0.2) is 25.9 Å². The lowest BCUT2D eigenvalue weighted by atomic mass is 10.2. The molecule has 0 bridgehead atoms. The van der Waals surface area contributed by atoms with Gasteiger partial charge in [0.1, 0.15) is 5.75 Å². The lowest BCUT2D eigenvalue weighted by molar-refractivity contribution is 0.134. The van der Waals surface area contributed by atoms with Crippen LogP contribution in [0.3, 0.4) is 0 Å². The van der Waals surface area contributed by atoms with E-state index in [4.69, 9.17) is 9.47 Å². The standard InChI is InChI=1S/C15H23NO2/c1-12(9-10-17-2)18-15-6-4-3-5-13(15)11-16-14-7-8-14/h3-6,12,14,16H,7-11H2,1-2H3. The Morgan fingerprint density at radius 2 is 2.11 bits per heavy atom. The summed E-state index contributed by atoms with van der Waals surface area (Å²) in [6.07, 6.45) is 3.73. The Labute approximate surface area is 109 Å². The van der Waals surface area contributed by atoms with Crippen LogP contribution in [0.2, 0.25) is 0 Å². The molecule has 3 nitrogen and oxygen atoms in total. The van der Waals surface area contributed by atoms with Crippen LogP contribution in [0.4, 0.5) is 0 Å². The third-order valence-electron chi connectivity index (χ3n) is 3.19. The number of nitrogens with one attached hydrogen (secondary N) is 1. The van der Waals surface area contributed by atoms with Crippen molar-refractivity contribution in [2.45, 2.75) is 44.9 Å². The zero-order valence-corrected chi connectivity index (χ0v) is 11.3. The zero-order chi connectivity index (χ0) is 12.8. The Morgan fingerprint density at radius 3 is 2.83 bits per heavy atom. The average molecular weight is 249 g/mol. The minimum absolute atomic E-state index is 0.187. The van der Waals surface area contributed by atoms with E-state index in [0.717, 1.165) is 31.4 Å². The molecule has 0 amide bonds. The largest absolute Gasteiger partial charge is 0.490 e. The number of para-hydroxylation sites is 1. The predicted molar refractivity (Wildman–Crippen MR) is 72.9 cm³/mol. The van der Waals surface area contributed by atoms with E-state index in [9.17, 15) is 0 Å². The van der Waals surface area contributed by atoms with Gasteiger partial charge in [-0.05, 0) is 25.8 Å². The van der Waals surface area contributed by atoms with E-state index in [0.29, 0.717) is 0 Å². The van der Waals surface area contributed by atoms with Crippen LogP contribution in [0.1, 0.15) is 31.7 Å². The first kappa shape index (κ1) is 13.4. The molecule has 0 aliphatic heterocycles. The van der Waals surface area contributed by atoms with Crippen molar-refractivity contribution in [3.63, 3.8) is 0 Å². The zero-order valence-electron chi connectivity index (χ0n) is 11.3. The SMILES string of the molecule is COCCC(C)Oc1ccccc1CNC1CC1. The van der Waals surface area contributed by atoms with E-state index >= 15 is 0 Å². The summed E-state index contributed by atoms with van der Waals surface area (Å²) in [7, 11) is 1.72. The smallest absolute Gasteiger partial charge is 0.124 e. The number of benzene rings is 1. The highest BCUT2D eigenvalue weighted by Crippen LogP contribution is 2.23. The van der Waals surface area contributed by atoms with Gasteiger partial charge in [0.25, 0.3) is 0 Å². The fourth-order valence-electron chi connectivity index (χ4n) is 1.87. The highest BCUT2D eigenvalue weighted by molar-refractivity contribution is 5.33. The van der Waals surface area contributed by atoms with Crippen LogP contribution < -0.4 is 10.1 Å². The molecule has 2 rings (SSSR count). The quantitative estimate of drug-likeness (QED) is 0.768. The molecule has 0 radical (unpaired) electrons. The van der Waals surface area contributed by atoms with Crippen LogP contribution in [0.15, 0.2) is 24.3 Å². The Balaban J connectivity index is 1.88. The first-order chi connectivity index (χ1) is 8.79. The number of rotatable bonds is 8. The van der Waals surface area contributed by atoms with Crippen molar-refractivity contribution in [2.75, 3.05) is 13.7 Å². The van der Waals surface area contributed by atoms with Crippen LogP contribution in [0.25, 0.3) is 0 Å². The molecule has 1 aromatic rings. The van der Waals surface area contributed by atoms with Gasteiger partial charge < -0.3 is 14.8 Å². The van der Waals surface area contributed by atoms with E-state index < -0.39 is 0 Å². The van der Waals surface area contributed by atoms with Gasteiger partial charge in [-0.15, -0.1) is 0 Å². The van der Waals surface area contributed by atoms with E-state index in [1.165, 1.54) is 18.4 Å². The third kappa shape index (κ3) is 4.31. The Bertz CT molecular complexity index is 363. The predicted octanol–water partition coefficient (Wildman–Crippen LogP) is 2.74. The Hall–Kier alpha value is -1.06. The molecule has 1 saturated carbocycles.